The second-order valence-corrected chi connectivity index (χ2v) is 8.93. The number of hydrogen-bond donors (Lipinski definition) is 2. The van der Waals surface area contributed by atoms with Gasteiger partial charge in [-0.15, -0.1) is 0 Å². The monoisotopic (exact) mass is 478 g/mol. The van der Waals surface area contributed by atoms with Gasteiger partial charge in [0.05, 0.1) is 12.7 Å². The molecule has 1 aliphatic heterocycles. The van der Waals surface area contributed by atoms with Crippen molar-refractivity contribution in [2.75, 3.05) is 7.11 Å². The second kappa shape index (κ2) is 9.44. The summed E-state index contributed by atoms with van der Waals surface area (Å²) in [5.41, 5.74) is 0.761. The Balaban J connectivity index is 1.92. The van der Waals surface area contributed by atoms with E-state index in [1.807, 2.05) is 36.4 Å². The molecule has 13 heteroatoms. The predicted molar refractivity (Wildman–Crippen MR) is 107 cm³/mol. The Morgan fingerprint density at radius 2 is 1.52 bits per heavy atom. The van der Waals surface area contributed by atoms with E-state index in [9.17, 15) is 21.4 Å². The van der Waals surface area contributed by atoms with Crippen LogP contribution in [0.2, 0.25) is 0 Å². The summed E-state index contributed by atoms with van der Waals surface area (Å²) in [5, 5.41) is 1.84. The van der Waals surface area contributed by atoms with Gasteiger partial charge in [0.15, 0.2) is 12.4 Å². The molecule has 2 aromatic carbocycles. The van der Waals surface area contributed by atoms with Gasteiger partial charge >= 0.3 is 20.8 Å². The van der Waals surface area contributed by atoms with Crippen LogP contribution in [0.1, 0.15) is 12.5 Å². The molecule has 1 heterocycles. The highest BCUT2D eigenvalue weighted by Crippen LogP contribution is 2.31. The Labute approximate surface area is 179 Å². The van der Waals surface area contributed by atoms with E-state index in [4.69, 9.17) is 18.8 Å². The molecule has 3 rings (SSSR count). The molecule has 0 aliphatic carbocycles. The van der Waals surface area contributed by atoms with Crippen LogP contribution in [0.25, 0.3) is 10.8 Å². The number of fused-ring (bicyclic) bond motifs is 1. The number of rotatable bonds is 8. The third kappa shape index (κ3) is 6.19. The third-order valence-electron chi connectivity index (χ3n) is 4.74. The van der Waals surface area contributed by atoms with Gasteiger partial charge in [0.25, 0.3) is 0 Å². The largest absolute Gasteiger partial charge is 0.397 e. The molecule has 5 atom stereocenters. The van der Waals surface area contributed by atoms with E-state index in [1.54, 1.807) is 6.07 Å². The Hall–Kier alpha value is -1.68. The standard InChI is InChI=1S/C18H22O11S2/c1-11-15(26-10-13-8-5-7-12-6-3-4-9-14(12)13)16(28-30(19,20)21)17(18(25-2)27-11)29-31(22,23)24/h3-9,11,15-18H,10H2,1-2H3,(H,19,20,21)(H,22,23,24)/t11-,15-,16+,17+,18+/m0/s1. The Bertz CT molecular complexity index is 1110. The fourth-order valence-electron chi connectivity index (χ4n) is 3.49. The molecule has 0 saturated carbocycles. The fraction of sp³-hybridized carbons (Fsp3) is 0.444. The lowest BCUT2D eigenvalue weighted by Crippen LogP contribution is -2.60. The summed E-state index contributed by atoms with van der Waals surface area (Å²) in [6.07, 6.45) is -7.05. The molecule has 1 aliphatic rings. The molecule has 0 spiro atoms. The molecule has 0 amide bonds. The van der Waals surface area contributed by atoms with Crippen LogP contribution in [0.3, 0.4) is 0 Å². The number of hydrogen-bond acceptors (Lipinski definition) is 9. The van der Waals surface area contributed by atoms with Crippen LogP contribution in [-0.4, -0.2) is 63.8 Å². The van der Waals surface area contributed by atoms with Crippen LogP contribution in [0.15, 0.2) is 42.5 Å². The van der Waals surface area contributed by atoms with Crippen LogP contribution in [0.5, 0.6) is 0 Å². The summed E-state index contributed by atoms with van der Waals surface area (Å²) < 4.78 is 89.4. The number of methoxy groups -OCH3 is 1. The molecule has 1 saturated heterocycles. The quantitative estimate of drug-likeness (QED) is 0.530. The highest BCUT2D eigenvalue weighted by atomic mass is 32.3. The lowest BCUT2D eigenvalue weighted by molar-refractivity contribution is -0.284. The average Bonchev–Trinajstić information content (AvgIpc) is 2.67. The number of ether oxygens (including phenoxy) is 3. The van der Waals surface area contributed by atoms with E-state index < -0.39 is 51.5 Å². The van der Waals surface area contributed by atoms with Gasteiger partial charge in [-0.3, -0.25) is 9.11 Å². The third-order valence-corrected chi connectivity index (χ3v) is 5.67. The van der Waals surface area contributed by atoms with Crippen molar-refractivity contribution in [2.24, 2.45) is 0 Å². The van der Waals surface area contributed by atoms with E-state index in [0.717, 1.165) is 23.4 Å². The molecule has 0 unspecified atom stereocenters. The molecular formula is C18H22O11S2. The first-order valence-corrected chi connectivity index (χ1v) is 11.8. The Morgan fingerprint density at radius 3 is 2.16 bits per heavy atom. The van der Waals surface area contributed by atoms with Gasteiger partial charge in [-0.25, -0.2) is 8.37 Å². The fourth-order valence-corrected chi connectivity index (χ4v) is 4.47. The minimum atomic E-state index is -5.07. The van der Waals surface area contributed by atoms with Crippen molar-refractivity contribution in [3.63, 3.8) is 0 Å². The highest BCUT2D eigenvalue weighted by Gasteiger charge is 2.50. The molecule has 11 nitrogen and oxygen atoms in total. The van der Waals surface area contributed by atoms with Crippen LogP contribution in [0.4, 0.5) is 0 Å². The lowest BCUT2D eigenvalue weighted by Gasteiger charge is -2.42. The molecule has 0 aromatic heterocycles. The van der Waals surface area contributed by atoms with E-state index in [0.29, 0.717) is 0 Å². The van der Waals surface area contributed by atoms with Gasteiger partial charge in [0, 0.05) is 7.11 Å². The summed E-state index contributed by atoms with van der Waals surface area (Å²) >= 11 is 0. The van der Waals surface area contributed by atoms with Crippen molar-refractivity contribution in [1.29, 1.82) is 0 Å². The number of benzene rings is 2. The highest BCUT2D eigenvalue weighted by molar-refractivity contribution is 7.81. The minimum Gasteiger partial charge on any atom is -0.368 e. The molecule has 31 heavy (non-hydrogen) atoms. The summed E-state index contributed by atoms with van der Waals surface area (Å²) in [4.78, 5) is 0. The Kier molecular flexibility index (Phi) is 7.30. The maximum absolute atomic E-state index is 11.4. The van der Waals surface area contributed by atoms with Gasteiger partial charge in [0.1, 0.15) is 12.2 Å². The first kappa shape index (κ1) is 24.0. The molecule has 2 N–H and O–H groups in total. The van der Waals surface area contributed by atoms with Crippen molar-refractivity contribution in [1.82, 2.24) is 0 Å². The van der Waals surface area contributed by atoms with Gasteiger partial charge in [-0.2, -0.15) is 16.8 Å². The van der Waals surface area contributed by atoms with Crippen LogP contribution >= 0.6 is 0 Å². The maximum atomic E-state index is 11.4. The minimum absolute atomic E-state index is 0.0265. The Morgan fingerprint density at radius 1 is 0.903 bits per heavy atom. The SMILES string of the molecule is CO[C@@H]1O[C@@H](C)[C@H](OCc2cccc3ccccc23)[C@@H](OS(=O)(=O)O)[C@H]1OS(=O)(=O)O. The molecule has 172 valence electrons. The molecular weight excluding hydrogens is 456 g/mol. The second-order valence-electron chi connectivity index (χ2n) is 6.84. The zero-order chi connectivity index (χ0) is 22.8. The zero-order valence-corrected chi connectivity index (χ0v) is 18.2. The molecule has 0 radical (unpaired) electrons. The summed E-state index contributed by atoms with van der Waals surface area (Å²) in [6.45, 7) is 1.49. The average molecular weight is 478 g/mol. The first-order chi connectivity index (χ1) is 14.5. The van der Waals surface area contributed by atoms with Gasteiger partial charge in [0.2, 0.25) is 0 Å². The molecule has 0 bridgehead atoms. The van der Waals surface area contributed by atoms with Gasteiger partial charge < -0.3 is 14.2 Å². The smallest absolute Gasteiger partial charge is 0.368 e. The van der Waals surface area contributed by atoms with Crippen molar-refractivity contribution in [2.45, 2.75) is 44.2 Å². The van der Waals surface area contributed by atoms with Crippen LogP contribution in [0, 0.1) is 0 Å². The van der Waals surface area contributed by atoms with Crippen LogP contribution < -0.4 is 0 Å². The van der Waals surface area contributed by atoms with Crippen molar-refractivity contribution in [3.05, 3.63) is 48.0 Å². The lowest BCUT2D eigenvalue weighted by atomic mass is 9.99. The summed E-state index contributed by atoms with van der Waals surface area (Å²) in [6, 6.07) is 13.1. The normalized spacial score (nSPS) is 27.4. The van der Waals surface area contributed by atoms with Crippen molar-refractivity contribution >= 4 is 31.6 Å². The van der Waals surface area contributed by atoms with E-state index in [2.05, 4.69) is 8.37 Å². The van der Waals surface area contributed by atoms with Gasteiger partial charge in [-0.1, -0.05) is 42.5 Å². The maximum Gasteiger partial charge on any atom is 0.397 e. The summed E-state index contributed by atoms with van der Waals surface area (Å²) in [7, 11) is -8.98. The van der Waals surface area contributed by atoms with E-state index >= 15 is 0 Å². The van der Waals surface area contributed by atoms with E-state index in [1.165, 1.54) is 6.92 Å². The first-order valence-electron chi connectivity index (χ1n) is 9.06. The summed E-state index contributed by atoms with van der Waals surface area (Å²) in [5.74, 6) is 0. The topological polar surface area (TPSA) is 155 Å². The zero-order valence-electron chi connectivity index (χ0n) is 16.5. The van der Waals surface area contributed by atoms with Crippen molar-refractivity contribution in [3.8, 4) is 0 Å². The molecule has 2 aromatic rings. The van der Waals surface area contributed by atoms with E-state index in [-0.39, 0.29) is 6.61 Å². The molecule has 1 fully saturated rings. The van der Waals surface area contributed by atoms with Crippen LogP contribution in [-0.2, 0) is 50.0 Å². The van der Waals surface area contributed by atoms with Crippen molar-refractivity contribution < 1.29 is 48.5 Å². The predicted octanol–water partition coefficient (Wildman–Crippen LogP) is 1.49. The van der Waals surface area contributed by atoms with Gasteiger partial charge in [-0.05, 0) is 23.3 Å².